The van der Waals surface area contributed by atoms with E-state index in [1.54, 1.807) is 0 Å². The minimum atomic E-state index is -1.02. The summed E-state index contributed by atoms with van der Waals surface area (Å²) in [5, 5.41) is 15.9. The summed E-state index contributed by atoms with van der Waals surface area (Å²) in [5.74, 6) is -1.07. The van der Waals surface area contributed by atoms with E-state index in [0.717, 1.165) is 46.9 Å². The maximum atomic E-state index is 14.4. The zero-order chi connectivity index (χ0) is 23.7. The largest absolute Gasteiger partial charge is 0.478 e. The minimum absolute atomic E-state index is 0.397. The van der Waals surface area contributed by atoms with Crippen LogP contribution in [0.15, 0.2) is 66.7 Å². The molecule has 0 saturated heterocycles. The molecule has 5 rings (SSSR count). The van der Waals surface area contributed by atoms with Gasteiger partial charge in [0.05, 0.1) is 16.6 Å². The third-order valence-corrected chi connectivity index (χ3v) is 6.44. The molecule has 1 aliphatic carbocycles. The summed E-state index contributed by atoms with van der Waals surface area (Å²) in [6.45, 7) is 1.92. The van der Waals surface area contributed by atoms with Crippen LogP contribution in [0.2, 0.25) is 0 Å². The fourth-order valence-corrected chi connectivity index (χ4v) is 4.58. The first-order valence-corrected chi connectivity index (χ1v) is 11.3. The van der Waals surface area contributed by atoms with Gasteiger partial charge in [-0.25, -0.2) is 4.79 Å². The lowest BCUT2D eigenvalue weighted by Gasteiger charge is -2.32. The number of hydrogen-bond acceptors (Lipinski definition) is 3. The SMILES string of the molecule is Cc1nc(C=CC(=O)O)ccc1C(=C(c1ccccc1)C1CCC1)c1ccc2n[nH]c(F)c2c1. The summed E-state index contributed by atoms with van der Waals surface area (Å²) in [5.41, 5.74) is 7.18. The molecule has 1 saturated carbocycles. The van der Waals surface area contributed by atoms with Crippen molar-refractivity contribution < 1.29 is 14.3 Å². The van der Waals surface area contributed by atoms with Crippen molar-refractivity contribution in [3.05, 3.63) is 101 Å². The molecular formula is C28H24FN3O2. The Morgan fingerprint density at radius 2 is 1.88 bits per heavy atom. The number of carboxylic acid groups (broad SMARTS) is 1. The Morgan fingerprint density at radius 1 is 1.09 bits per heavy atom. The number of aromatic amines is 1. The van der Waals surface area contributed by atoms with Gasteiger partial charge in [0, 0.05) is 17.3 Å². The van der Waals surface area contributed by atoms with E-state index >= 15 is 0 Å². The first kappa shape index (κ1) is 21.8. The molecule has 0 bridgehead atoms. The van der Waals surface area contributed by atoms with Crippen molar-refractivity contribution in [1.29, 1.82) is 0 Å². The Hall–Kier alpha value is -4.06. The minimum Gasteiger partial charge on any atom is -0.478 e. The second-order valence-corrected chi connectivity index (χ2v) is 8.59. The van der Waals surface area contributed by atoms with Crippen molar-refractivity contribution in [2.75, 3.05) is 0 Å². The topological polar surface area (TPSA) is 78.9 Å². The van der Waals surface area contributed by atoms with Crippen molar-refractivity contribution in [3.63, 3.8) is 0 Å². The number of carbonyl (C=O) groups is 1. The smallest absolute Gasteiger partial charge is 0.328 e. The standard InChI is InChI=1S/C28H24FN3O2/c1-17-22(13-11-21(30-17)12-15-25(33)34)27(20-10-14-24-23(16-20)28(29)32-31-24)26(19-8-5-9-19)18-6-3-2-4-7-18/h2-4,6-7,10-16,19H,5,8-9H2,1H3,(H,31,32)(H,33,34). The van der Waals surface area contributed by atoms with Crippen molar-refractivity contribution in [2.45, 2.75) is 26.2 Å². The number of H-pyrrole nitrogens is 1. The maximum absolute atomic E-state index is 14.4. The third-order valence-electron chi connectivity index (χ3n) is 6.44. The molecule has 0 unspecified atom stereocenters. The van der Waals surface area contributed by atoms with E-state index in [1.807, 2.05) is 55.5 Å². The van der Waals surface area contributed by atoms with Gasteiger partial charge in [-0.05, 0) is 72.2 Å². The van der Waals surface area contributed by atoms with E-state index < -0.39 is 11.9 Å². The normalized spacial score (nSPS) is 14.9. The summed E-state index contributed by atoms with van der Waals surface area (Å²) in [7, 11) is 0. The van der Waals surface area contributed by atoms with E-state index in [2.05, 4.69) is 27.3 Å². The van der Waals surface area contributed by atoms with E-state index in [9.17, 15) is 9.18 Å². The molecule has 0 atom stereocenters. The van der Waals surface area contributed by atoms with Crippen LogP contribution in [-0.2, 0) is 4.79 Å². The van der Waals surface area contributed by atoms with Crippen LogP contribution in [0, 0.1) is 18.8 Å². The molecule has 1 aliphatic rings. The molecule has 2 aromatic heterocycles. The van der Waals surface area contributed by atoms with Crippen LogP contribution in [0.5, 0.6) is 0 Å². The Balaban J connectivity index is 1.77. The van der Waals surface area contributed by atoms with E-state index in [4.69, 9.17) is 5.11 Å². The number of hydrogen-bond donors (Lipinski definition) is 2. The lowest BCUT2D eigenvalue weighted by atomic mass is 9.73. The van der Waals surface area contributed by atoms with Gasteiger partial charge >= 0.3 is 5.97 Å². The molecule has 2 aromatic carbocycles. The van der Waals surface area contributed by atoms with Crippen molar-refractivity contribution in [1.82, 2.24) is 15.2 Å². The summed E-state index contributed by atoms with van der Waals surface area (Å²) in [6, 6.07) is 19.8. The molecule has 170 valence electrons. The zero-order valence-corrected chi connectivity index (χ0v) is 18.8. The fraction of sp³-hybridized carbons (Fsp3) is 0.179. The second-order valence-electron chi connectivity index (χ2n) is 8.59. The van der Waals surface area contributed by atoms with Crippen LogP contribution in [0.1, 0.15) is 47.3 Å². The van der Waals surface area contributed by atoms with Crippen LogP contribution >= 0.6 is 0 Å². The number of rotatable bonds is 6. The summed E-state index contributed by atoms with van der Waals surface area (Å²) >= 11 is 0. The van der Waals surface area contributed by atoms with Gasteiger partial charge < -0.3 is 5.11 Å². The lowest BCUT2D eigenvalue weighted by Crippen LogP contribution is -2.15. The van der Waals surface area contributed by atoms with E-state index in [1.165, 1.54) is 18.1 Å². The van der Waals surface area contributed by atoms with E-state index in [0.29, 0.717) is 22.5 Å². The Morgan fingerprint density at radius 3 is 2.56 bits per heavy atom. The molecule has 2 heterocycles. The first-order chi connectivity index (χ1) is 16.5. The molecule has 0 aliphatic heterocycles. The predicted octanol–water partition coefficient (Wildman–Crippen LogP) is 6.26. The highest BCUT2D eigenvalue weighted by molar-refractivity contribution is 6.01. The average molecular weight is 454 g/mol. The van der Waals surface area contributed by atoms with Gasteiger partial charge in [-0.1, -0.05) is 48.9 Å². The molecular weight excluding hydrogens is 429 g/mol. The van der Waals surface area contributed by atoms with Gasteiger partial charge in [0.25, 0.3) is 0 Å². The van der Waals surface area contributed by atoms with E-state index in [-0.39, 0.29) is 0 Å². The number of aromatic nitrogens is 3. The highest BCUT2D eigenvalue weighted by Gasteiger charge is 2.28. The van der Waals surface area contributed by atoms with Crippen LogP contribution in [0.25, 0.3) is 28.1 Å². The van der Waals surface area contributed by atoms with Gasteiger partial charge in [0.2, 0.25) is 5.95 Å². The predicted molar refractivity (Wildman–Crippen MR) is 131 cm³/mol. The summed E-state index contributed by atoms with van der Waals surface area (Å²) < 4.78 is 14.4. The highest BCUT2D eigenvalue weighted by Crippen LogP contribution is 2.45. The summed E-state index contributed by atoms with van der Waals surface area (Å²) in [6.07, 6.45) is 5.95. The Bertz CT molecular complexity index is 1430. The number of aliphatic carboxylic acids is 1. The number of benzene rings is 2. The molecule has 6 heteroatoms. The molecule has 34 heavy (non-hydrogen) atoms. The molecule has 5 nitrogen and oxygen atoms in total. The van der Waals surface area contributed by atoms with Gasteiger partial charge in [0.15, 0.2) is 0 Å². The number of carboxylic acids is 1. The lowest BCUT2D eigenvalue weighted by molar-refractivity contribution is -0.131. The summed E-state index contributed by atoms with van der Waals surface area (Å²) in [4.78, 5) is 15.6. The number of fused-ring (bicyclic) bond motifs is 1. The number of halogens is 1. The maximum Gasteiger partial charge on any atom is 0.328 e. The van der Waals surface area contributed by atoms with Gasteiger partial charge in [-0.15, -0.1) is 0 Å². The Labute approximate surface area is 196 Å². The van der Waals surface area contributed by atoms with Crippen LogP contribution in [-0.4, -0.2) is 26.3 Å². The quantitative estimate of drug-likeness (QED) is 0.267. The number of aryl methyl sites for hydroxylation is 1. The van der Waals surface area contributed by atoms with Crippen molar-refractivity contribution >= 4 is 34.1 Å². The van der Waals surface area contributed by atoms with Crippen LogP contribution in [0.3, 0.4) is 0 Å². The molecule has 4 aromatic rings. The fourth-order valence-electron chi connectivity index (χ4n) is 4.58. The monoisotopic (exact) mass is 453 g/mol. The van der Waals surface area contributed by atoms with Crippen LogP contribution < -0.4 is 0 Å². The number of pyridine rings is 1. The highest BCUT2D eigenvalue weighted by atomic mass is 19.1. The third kappa shape index (κ3) is 4.15. The number of nitrogens with one attached hydrogen (secondary N) is 1. The number of nitrogens with zero attached hydrogens (tertiary/aromatic N) is 2. The second kappa shape index (κ2) is 9.06. The molecule has 0 radical (unpaired) electrons. The van der Waals surface area contributed by atoms with Crippen LogP contribution in [0.4, 0.5) is 4.39 Å². The van der Waals surface area contributed by atoms with Crippen molar-refractivity contribution in [3.8, 4) is 0 Å². The Kier molecular flexibility index (Phi) is 5.80. The molecule has 0 spiro atoms. The van der Waals surface area contributed by atoms with Gasteiger partial charge in [-0.2, -0.15) is 9.49 Å². The number of allylic oxidation sites excluding steroid dienone is 1. The first-order valence-electron chi connectivity index (χ1n) is 11.3. The molecule has 0 amide bonds. The zero-order valence-electron chi connectivity index (χ0n) is 18.8. The average Bonchev–Trinajstić information content (AvgIpc) is 3.18. The molecule has 2 N–H and O–H groups in total. The van der Waals surface area contributed by atoms with Gasteiger partial charge in [-0.3, -0.25) is 10.1 Å². The van der Waals surface area contributed by atoms with Gasteiger partial charge in [0.1, 0.15) is 0 Å². The van der Waals surface area contributed by atoms with Crippen molar-refractivity contribution in [2.24, 2.45) is 5.92 Å². The molecule has 1 fully saturated rings.